The summed E-state index contributed by atoms with van der Waals surface area (Å²) >= 11 is 0. The first-order valence-corrected chi connectivity index (χ1v) is 35.7. The average molecular weight is 1150 g/mol. The largest absolute Gasteiger partial charge is 0.0654 e. The monoisotopic (exact) mass is 1150 g/mol. The van der Waals surface area contributed by atoms with E-state index in [1.807, 2.05) is 0 Å². The van der Waals surface area contributed by atoms with E-state index in [9.17, 15) is 0 Å². The fourth-order valence-corrected chi connectivity index (χ4v) is 17.9. The van der Waals surface area contributed by atoms with Gasteiger partial charge in [0.05, 0.1) is 0 Å². The van der Waals surface area contributed by atoms with Crippen LogP contribution in [-0.4, -0.2) is 0 Å². The smallest absolute Gasteiger partial charge is 0.0215 e. The van der Waals surface area contributed by atoms with Gasteiger partial charge >= 0.3 is 0 Å². The lowest BCUT2D eigenvalue weighted by Crippen LogP contribution is -2.25. The molecule has 0 N–H and O–H groups in total. The number of fused-ring (bicyclic) bond motifs is 13. The maximum atomic E-state index is 2.66. The summed E-state index contributed by atoms with van der Waals surface area (Å²) in [5, 5.41) is 19.3. The van der Waals surface area contributed by atoms with Crippen molar-refractivity contribution in [1.82, 2.24) is 0 Å². The first kappa shape index (κ1) is 58.7. The van der Waals surface area contributed by atoms with E-state index in [0.29, 0.717) is 0 Å². The van der Waals surface area contributed by atoms with E-state index in [1.165, 1.54) is 300 Å². The first-order valence-electron chi connectivity index (χ1n) is 35.7. The van der Waals surface area contributed by atoms with Gasteiger partial charge in [-0.15, -0.1) is 0 Å². The predicted octanol–water partition coefficient (Wildman–Crippen LogP) is 27.5. The van der Waals surface area contributed by atoms with Crippen LogP contribution in [0.4, 0.5) is 0 Å². The van der Waals surface area contributed by atoms with E-state index in [-0.39, 0.29) is 10.8 Å². The number of hydrogen-bond donors (Lipinski definition) is 0. The van der Waals surface area contributed by atoms with Gasteiger partial charge in [-0.25, -0.2) is 0 Å². The lowest BCUT2D eigenvalue weighted by molar-refractivity contribution is 0.398. The second-order valence-corrected chi connectivity index (χ2v) is 27.7. The molecule has 0 aliphatic heterocycles. The van der Waals surface area contributed by atoms with Crippen LogP contribution in [0.3, 0.4) is 0 Å². The maximum absolute atomic E-state index is 2.66. The number of benzene rings is 12. The Labute approximate surface area is 527 Å². The SMILES string of the molecule is CCCCCCCCC1(CCCCCCCC)c2ccccc2-c2ccc(-c3ccc4c(c3)c3cccc5c6cccc7c8cc(-c9ccc%10c(c9)C(CCCCCCCC)(CCCCCCCC)c9ccccc9-%10)ccc8c8ccc4c(c35)c8c76)cc21. The van der Waals surface area contributed by atoms with Gasteiger partial charge in [0.2, 0.25) is 0 Å². The Bertz CT molecular complexity index is 4090. The highest BCUT2D eigenvalue weighted by atomic mass is 14.5. The van der Waals surface area contributed by atoms with Crippen molar-refractivity contribution in [3.8, 4) is 44.5 Å². The highest BCUT2D eigenvalue weighted by Crippen LogP contribution is 2.58. The van der Waals surface area contributed by atoms with Crippen LogP contribution in [0.1, 0.15) is 230 Å². The maximum Gasteiger partial charge on any atom is 0.0215 e. The molecular weight excluding hydrogens is 1060 g/mol. The molecule has 88 heavy (non-hydrogen) atoms. The third kappa shape index (κ3) is 10.3. The molecule has 0 atom stereocenters. The van der Waals surface area contributed by atoms with E-state index >= 15 is 0 Å². The number of rotatable bonds is 30. The fourth-order valence-electron chi connectivity index (χ4n) is 17.9. The van der Waals surface area contributed by atoms with Gasteiger partial charge < -0.3 is 0 Å². The summed E-state index contributed by atoms with van der Waals surface area (Å²) < 4.78 is 0. The number of unbranched alkanes of at least 4 members (excludes halogenated alkanes) is 20. The van der Waals surface area contributed by atoms with Crippen molar-refractivity contribution < 1.29 is 0 Å². The molecule has 12 aromatic carbocycles. The van der Waals surface area contributed by atoms with Gasteiger partial charge in [-0.05, 0) is 192 Å². The molecule has 0 unspecified atom stereocenters. The molecule has 0 radical (unpaired) electrons. The van der Waals surface area contributed by atoms with Gasteiger partial charge in [0, 0.05) is 10.8 Å². The lowest BCUT2D eigenvalue weighted by Gasteiger charge is -2.33. The molecule has 14 rings (SSSR count). The average Bonchev–Trinajstić information content (AvgIpc) is 1.66. The Balaban J connectivity index is 0.860. The topological polar surface area (TPSA) is 0 Å². The van der Waals surface area contributed by atoms with Crippen LogP contribution >= 0.6 is 0 Å². The lowest BCUT2D eigenvalue weighted by atomic mass is 9.70. The highest BCUT2D eigenvalue weighted by Gasteiger charge is 2.44. The van der Waals surface area contributed by atoms with E-state index in [1.54, 1.807) is 22.3 Å². The summed E-state index contributed by atoms with van der Waals surface area (Å²) in [4.78, 5) is 0. The van der Waals surface area contributed by atoms with Crippen LogP contribution in [0.25, 0.3) is 120 Å². The third-order valence-corrected chi connectivity index (χ3v) is 22.4. The Morgan fingerprint density at radius 2 is 0.489 bits per heavy atom. The van der Waals surface area contributed by atoms with Crippen LogP contribution in [0.5, 0.6) is 0 Å². The second-order valence-electron chi connectivity index (χ2n) is 27.7. The van der Waals surface area contributed by atoms with Gasteiger partial charge in [0.15, 0.2) is 0 Å². The standard InChI is InChI=1S/C88H96/c1-5-9-13-17-21-29-53-87(54-30-22-18-14-10-6-2)79-41-27-25-35-67(79)69-49-45-63(59-81(69)87)61-43-47-65-75-51-52-76-66-48-44-62(58-78(66)74-40-34-38-72-71-37-33-39-73(77(65)57-61)83(71)85(75)86(76)84(72)74)64-46-50-70-68-36-26-28-42-80(68)88(82(70)60-64,55-31-23-19-15-11-7-3)56-32-24-20-16-12-8-4/h25-28,33-52,57-60H,5-24,29-32,53-56H2,1-4H3. The van der Waals surface area contributed by atoms with Crippen LogP contribution in [0.2, 0.25) is 0 Å². The molecule has 0 saturated heterocycles. The van der Waals surface area contributed by atoms with Gasteiger partial charge in [-0.1, -0.05) is 327 Å². The molecule has 448 valence electrons. The molecular formula is C88H96. The Morgan fingerprint density at radius 1 is 0.205 bits per heavy atom. The van der Waals surface area contributed by atoms with Crippen molar-refractivity contribution in [2.75, 3.05) is 0 Å². The molecule has 0 heterocycles. The van der Waals surface area contributed by atoms with Crippen LogP contribution < -0.4 is 0 Å². The van der Waals surface area contributed by atoms with Crippen molar-refractivity contribution >= 4 is 75.4 Å². The van der Waals surface area contributed by atoms with Crippen LogP contribution in [-0.2, 0) is 10.8 Å². The molecule has 0 fully saturated rings. The molecule has 0 amide bonds. The minimum atomic E-state index is 0.0515. The second kappa shape index (κ2) is 25.8. The Kier molecular flexibility index (Phi) is 17.2. The van der Waals surface area contributed by atoms with E-state index in [0.717, 1.165) is 0 Å². The third-order valence-electron chi connectivity index (χ3n) is 22.4. The molecule has 12 aromatic rings. The minimum Gasteiger partial charge on any atom is -0.0654 e. The molecule has 0 bridgehead atoms. The fraction of sp³-hybridized carbons (Fsp3) is 0.386. The summed E-state index contributed by atoms with van der Waals surface area (Å²) in [5.74, 6) is 0. The quantitative estimate of drug-likeness (QED) is 0.0239. The molecule has 0 heteroatoms. The van der Waals surface area contributed by atoms with Gasteiger partial charge in [-0.3, -0.25) is 0 Å². The van der Waals surface area contributed by atoms with Gasteiger partial charge in [0.25, 0.3) is 0 Å². The zero-order valence-corrected chi connectivity index (χ0v) is 54.0. The Morgan fingerprint density at radius 3 is 0.864 bits per heavy atom. The van der Waals surface area contributed by atoms with E-state index < -0.39 is 0 Å². The zero-order valence-electron chi connectivity index (χ0n) is 54.0. The highest BCUT2D eigenvalue weighted by molar-refractivity contribution is 6.47. The summed E-state index contributed by atoms with van der Waals surface area (Å²) in [5.41, 5.74) is 17.7. The molecule has 2 aliphatic rings. The van der Waals surface area contributed by atoms with Crippen LogP contribution in [0.15, 0.2) is 170 Å². The Hall–Kier alpha value is -7.02. The normalized spacial score (nSPS) is 14.0. The van der Waals surface area contributed by atoms with Crippen molar-refractivity contribution in [1.29, 1.82) is 0 Å². The molecule has 0 aromatic heterocycles. The summed E-state index contributed by atoms with van der Waals surface area (Å²) in [6.07, 6.45) is 36.9. The van der Waals surface area contributed by atoms with Crippen molar-refractivity contribution in [2.45, 2.75) is 218 Å². The van der Waals surface area contributed by atoms with Gasteiger partial charge in [0.1, 0.15) is 0 Å². The van der Waals surface area contributed by atoms with Crippen LogP contribution in [0, 0.1) is 0 Å². The molecule has 0 spiro atoms. The summed E-state index contributed by atoms with van der Waals surface area (Å²) in [7, 11) is 0. The zero-order chi connectivity index (χ0) is 59.6. The first-order chi connectivity index (χ1) is 43.5. The summed E-state index contributed by atoms with van der Waals surface area (Å²) in [6.45, 7) is 9.35. The molecule has 2 aliphatic carbocycles. The van der Waals surface area contributed by atoms with Crippen molar-refractivity contribution in [3.63, 3.8) is 0 Å². The van der Waals surface area contributed by atoms with Crippen molar-refractivity contribution in [2.24, 2.45) is 0 Å². The number of hydrogen-bond acceptors (Lipinski definition) is 0. The van der Waals surface area contributed by atoms with Gasteiger partial charge in [-0.2, -0.15) is 0 Å². The summed E-state index contributed by atoms with van der Waals surface area (Å²) in [6, 6.07) is 68.6. The molecule has 0 saturated carbocycles. The predicted molar refractivity (Wildman–Crippen MR) is 387 cm³/mol. The van der Waals surface area contributed by atoms with E-state index in [2.05, 4.69) is 198 Å². The van der Waals surface area contributed by atoms with Crippen molar-refractivity contribution in [3.05, 3.63) is 192 Å². The molecule has 0 nitrogen and oxygen atoms in total. The van der Waals surface area contributed by atoms with E-state index in [4.69, 9.17) is 0 Å². The minimum absolute atomic E-state index is 0.0515.